The molecular weight excluding hydrogens is 228 g/mol. The normalized spacial score (nSPS) is 9.50. The Bertz CT molecular complexity index is 646. The first-order valence-corrected chi connectivity index (χ1v) is 5.26. The molecule has 1 aromatic heterocycles. The van der Waals surface area contributed by atoms with Gasteiger partial charge in [0.25, 0.3) is 0 Å². The number of imidazole rings is 1. The van der Waals surface area contributed by atoms with E-state index in [-0.39, 0.29) is 0 Å². The molecule has 0 bridgehead atoms. The van der Waals surface area contributed by atoms with Crippen LogP contribution in [0.15, 0.2) is 30.6 Å². The zero-order valence-corrected chi connectivity index (χ0v) is 9.79. The van der Waals surface area contributed by atoms with E-state index in [1.807, 2.05) is 12.1 Å². The Morgan fingerprint density at radius 1 is 1.33 bits per heavy atom. The number of nitriles is 2. The molecule has 0 spiro atoms. The van der Waals surface area contributed by atoms with E-state index < -0.39 is 0 Å². The molecule has 0 aliphatic rings. The van der Waals surface area contributed by atoms with Gasteiger partial charge in [0.1, 0.15) is 17.9 Å². The van der Waals surface area contributed by atoms with Crippen LogP contribution in [-0.4, -0.2) is 16.7 Å². The Balaban J connectivity index is 2.31. The van der Waals surface area contributed by atoms with Crippen LogP contribution in [0.5, 0.6) is 5.75 Å². The average Bonchev–Trinajstić information content (AvgIpc) is 2.85. The molecule has 0 saturated heterocycles. The number of methoxy groups -OCH3 is 1. The van der Waals surface area contributed by atoms with Gasteiger partial charge in [-0.25, -0.2) is 4.98 Å². The van der Waals surface area contributed by atoms with Gasteiger partial charge in [-0.1, -0.05) is 6.07 Å². The van der Waals surface area contributed by atoms with E-state index in [9.17, 15) is 0 Å². The zero-order chi connectivity index (χ0) is 13.0. The molecule has 1 aromatic carbocycles. The van der Waals surface area contributed by atoms with Crippen LogP contribution in [-0.2, 0) is 6.54 Å². The van der Waals surface area contributed by atoms with Crippen molar-refractivity contribution >= 4 is 0 Å². The van der Waals surface area contributed by atoms with Gasteiger partial charge in [0, 0.05) is 18.9 Å². The first-order valence-electron chi connectivity index (χ1n) is 5.26. The molecule has 0 aliphatic carbocycles. The van der Waals surface area contributed by atoms with E-state index in [1.54, 1.807) is 29.1 Å². The van der Waals surface area contributed by atoms with Gasteiger partial charge in [0.15, 0.2) is 0 Å². The van der Waals surface area contributed by atoms with Crippen LogP contribution >= 0.6 is 0 Å². The van der Waals surface area contributed by atoms with E-state index in [2.05, 4.69) is 11.1 Å². The lowest BCUT2D eigenvalue weighted by Crippen LogP contribution is -2.02. The molecule has 0 unspecified atom stereocenters. The van der Waals surface area contributed by atoms with Gasteiger partial charge in [-0.3, -0.25) is 0 Å². The molecule has 18 heavy (non-hydrogen) atoms. The molecule has 0 radical (unpaired) electrons. The lowest BCUT2D eigenvalue weighted by Gasteiger charge is -2.07. The lowest BCUT2D eigenvalue weighted by atomic mass is 10.1. The fourth-order valence-electron chi connectivity index (χ4n) is 1.69. The number of aromatic nitrogens is 2. The van der Waals surface area contributed by atoms with E-state index >= 15 is 0 Å². The summed E-state index contributed by atoms with van der Waals surface area (Å²) in [4.78, 5) is 3.92. The number of rotatable bonds is 3. The highest BCUT2D eigenvalue weighted by Crippen LogP contribution is 2.19. The highest BCUT2D eigenvalue weighted by molar-refractivity contribution is 5.45. The second kappa shape index (κ2) is 5.03. The molecule has 5 heteroatoms. The Morgan fingerprint density at radius 2 is 2.17 bits per heavy atom. The van der Waals surface area contributed by atoms with Crippen LogP contribution in [0.3, 0.4) is 0 Å². The molecule has 1 heterocycles. The summed E-state index contributed by atoms with van der Waals surface area (Å²) in [5.41, 5.74) is 1.40. The lowest BCUT2D eigenvalue weighted by molar-refractivity contribution is 0.413. The third-order valence-corrected chi connectivity index (χ3v) is 2.55. The molecule has 0 aliphatic heterocycles. The fraction of sp³-hybridized carbons (Fsp3) is 0.154. The molecule has 5 nitrogen and oxygen atoms in total. The van der Waals surface area contributed by atoms with Crippen molar-refractivity contribution in [1.82, 2.24) is 9.55 Å². The Kier molecular flexibility index (Phi) is 3.26. The van der Waals surface area contributed by atoms with Crippen LogP contribution in [0, 0.1) is 22.7 Å². The van der Waals surface area contributed by atoms with Crippen LogP contribution in [0.4, 0.5) is 0 Å². The Labute approximate surface area is 104 Å². The fourth-order valence-corrected chi connectivity index (χ4v) is 1.69. The smallest absolute Gasteiger partial charge is 0.213 e. The zero-order valence-electron chi connectivity index (χ0n) is 9.79. The van der Waals surface area contributed by atoms with Crippen LogP contribution in [0.2, 0.25) is 0 Å². The molecular formula is C13H10N4O. The first-order chi connectivity index (χ1) is 8.78. The predicted molar refractivity (Wildman–Crippen MR) is 63.8 cm³/mol. The number of benzene rings is 1. The minimum Gasteiger partial charge on any atom is -0.495 e. The largest absolute Gasteiger partial charge is 0.495 e. The van der Waals surface area contributed by atoms with Gasteiger partial charge in [-0.05, 0) is 17.7 Å². The van der Waals surface area contributed by atoms with Crippen molar-refractivity contribution in [2.45, 2.75) is 6.54 Å². The third kappa shape index (κ3) is 2.16. The Morgan fingerprint density at radius 3 is 2.83 bits per heavy atom. The van der Waals surface area contributed by atoms with E-state index in [0.29, 0.717) is 23.7 Å². The molecule has 2 rings (SSSR count). The predicted octanol–water partition coefficient (Wildman–Crippen LogP) is 1.68. The molecule has 2 aromatic rings. The topological polar surface area (TPSA) is 74.6 Å². The summed E-state index contributed by atoms with van der Waals surface area (Å²) in [5, 5.41) is 17.9. The third-order valence-electron chi connectivity index (χ3n) is 2.55. The van der Waals surface area contributed by atoms with Crippen LogP contribution < -0.4 is 4.74 Å². The van der Waals surface area contributed by atoms with Crippen molar-refractivity contribution in [3.05, 3.63) is 47.5 Å². The van der Waals surface area contributed by atoms with E-state index in [0.717, 1.165) is 5.56 Å². The molecule has 0 atom stereocenters. The maximum absolute atomic E-state index is 9.00. The summed E-state index contributed by atoms with van der Waals surface area (Å²) in [5.74, 6) is 0.900. The van der Waals surface area contributed by atoms with Gasteiger partial charge in [0.05, 0.1) is 12.7 Å². The van der Waals surface area contributed by atoms with Crippen molar-refractivity contribution in [3.8, 4) is 17.9 Å². The molecule has 0 N–H and O–H groups in total. The molecule has 0 fully saturated rings. The number of nitrogens with zero attached hydrogens (tertiary/aromatic N) is 4. The molecule has 0 saturated carbocycles. The van der Waals surface area contributed by atoms with Crippen molar-refractivity contribution < 1.29 is 4.74 Å². The highest BCUT2D eigenvalue weighted by atomic mass is 16.5. The first kappa shape index (κ1) is 11.7. The SMILES string of the molecule is COc1ccc(Cn2ccnc2C#N)cc1C#N. The van der Waals surface area contributed by atoms with Crippen molar-refractivity contribution in [1.29, 1.82) is 10.5 Å². The standard InChI is InChI=1S/C13H10N4O/c1-18-12-3-2-10(6-11(12)7-14)9-17-5-4-16-13(17)8-15/h2-6H,9H2,1H3. The summed E-state index contributed by atoms with van der Waals surface area (Å²) in [7, 11) is 1.53. The van der Waals surface area contributed by atoms with Crippen LogP contribution in [0.1, 0.15) is 17.0 Å². The maximum Gasteiger partial charge on any atom is 0.213 e. The second-order valence-corrected chi connectivity index (χ2v) is 3.64. The monoisotopic (exact) mass is 238 g/mol. The van der Waals surface area contributed by atoms with E-state index in [1.165, 1.54) is 7.11 Å². The molecule has 0 amide bonds. The highest BCUT2D eigenvalue weighted by Gasteiger charge is 2.06. The van der Waals surface area contributed by atoms with Crippen molar-refractivity contribution in [3.63, 3.8) is 0 Å². The second-order valence-electron chi connectivity index (χ2n) is 3.64. The quantitative estimate of drug-likeness (QED) is 0.815. The van der Waals surface area contributed by atoms with Crippen molar-refractivity contribution in [2.75, 3.05) is 7.11 Å². The maximum atomic E-state index is 9.00. The van der Waals surface area contributed by atoms with E-state index in [4.69, 9.17) is 15.3 Å². The van der Waals surface area contributed by atoms with Gasteiger partial charge in [-0.15, -0.1) is 0 Å². The van der Waals surface area contributed by atoms with Crippen LogP contribution in [0.25, 0.3) is 0 Å². The Hall–Kier alpha value is -2.79. The summed E-state index contributed by atoms with van der Waals surface area (Å²) in [6, 6.07) is 9.45. The van der Waals surface area contributed by atoms with Crippen molar-refractivity contribution in [2.24, 2.45) is 0 Å². The summed E-state index contributed by atoms with van der Waals surface area (Å²) < 4.78 is 6.80. The van der Waals surface area contributed by atoms with Gasteiger partial charge in [-0.2, -0.15) is 10.5 Å². The number of hydrogen-bond donors (Lipinski definition) is 0. The molecule has 88 valence electrons. The minimum atomic E-state index is 0.351. The summed E-state index contributed by atoms with van der Waals surface area (Å²) in [6.45, 7) is 0.502. The van der Waals surface area contributed by atoms with Gasteiger partial charge >= 0.3 is 0 Å². The summed E-state index contributed by atoms with van der Waals surface area (Å²) in [6.07, 6.45) is 3.31. The average molecular weight is 238 g/mol. The van der Waals surface area contributed by atoms with Gasteiger partial charge in [0.2, 0.25) is 5.82 Å². The summed E-state index contributed by atoms with van der Waals surface area (Å²) >= 11 is 0. The number of hydrogen-bond acceptors (Lipinski definition) is 4. The number of ether oxygens (including phenoxy) is 1. The van der Waals surface area contributed by atoms with Gasteiger partial charge < -0.3 is 9.30 Å². The minimum absolute atomic E-state index is 0.351.